The highest BCUT2D eigenvalue weighted by Crippen LogP contribution is 2.30. The van der Waals surface area contributed by atoms with E-state index in [1.165, 1.54) is 6.07 Å². The van der Waals surface area contributed by atoms with E-state index in [2.05, 4.69) is 5.32 Å². The summed E-state index contributed by atoms with van der Waals surface area (Å²) in [6.45, 7) is 3.89. The van der Waals surface area contributed by atoms with Gasteiger partial charge in [-0.1, -0.05) is 48.9 Å². The van der Waals surface area contributed by atoms with Gasteiger partial charge in [-0.15, -0.1) is 0 Å². The van der Waals surface area contributed by atoms with Crippen molar-refractivity contribution in [3.05, 3.63) is 65.5 Å². The fraction of sp³-hybridized carbons (Fsp3) is 0.294. The van der Waals surface area contributed by atoms with E-state index in [0.717, 1.165) is 11.1 Å². The molecule has 0 aliphatic rings. The first-order chi connectivity index (χ1) is 9.61. The Kier molecular flexibility index (Phi) is 4.40. The number of para-hydroxylation sites is 1. The van der Waals surface area contributed by atoms with Crippen molar-refractivity contribution >= 4 is 5.69 Å². The molecule has 0 heterocycles. The molecule has 20 heavy (non-hydrogen) atoms. The summed E-state index contributed by atoms with van der Waals surface area (Å²) in [6, 6.07) is 14.5. The van der Waals surface area contributed by atoms with Gasteiger partial charge in [-0.2, -0.15) is 0 Å². The maximum absolute atomic E-state index is 13.8. The van der Waals surface area contributed by atoms with E-state index in [0.29, 0.717) is 12.1 Å². The van der Waals surface area contributed by atoms with E-state index in [1.54, 1.807) is 18.2 Å². The number of hydrogen-bond donors (Lipinski definition) is 2. The molecular formula is C17H20FNO. The predicted molar refractivity (Wildman–Crippen MR) is 80.3 cm³/mol. The second kappa shape index (κ2) is 6.06. The highest BCUT2D eigenvalue weighted by atomic mass is 19.1. The van der Waals surface area contributed by atoms with Crippen LogP contribution in [0.25, 0.3) is 0 Å². The third-order valence-electron chi connectivity index (χ3n) is 3.73. The standard InChI is InChI=1S/C17H20FNO/c1-3-17(12-20,14-10-8-13(2)9-11-14)19-16-7-5-4-6-15(16)18/h4-11,19-20H,3,12H2,1-2H3. The smallest absolute Gasteiger partial charge is 0.146 e. The molecule has 0 amide bonds. The molecule has 0 saturated carbocycles. The van der Waals surface area contributed by atoms with Crippen molar-refractivity contribution in [2.24, 2.45) is 0 Å². The van der Waals surface area contributed by atoms with Crippen LogP contribution in [0.4, 0.5) is 10.1 Å². The lowest BCUT2D eigenvalue weighted by atomic mass is 9.87. The minimum absolute atomic E-state index is 0.0963. The molecule has 1 unspecified atom stereocenters. The average molecular weight is 273 g/mol. The maximum Gasteiger partial charge on any atom is 0.146 e. The summed E-state index contributed by atoms with van der Waals surface area (Å²) in [5, 5.41) is 13.0. The SMILES string of the molecule is CCC(CO)(Nc1ccccc1F)c1ccc(C)cc1. The second-order valence-corrected chi connectivity index (χ2v) is 5.06. The van der Waals surface area contributed by atoms with Crippen LogP contribution in [-0.4, -0.2) is 11.7 Å². The van der Waals surface area contributed by atoms with Gasteiger partial charge >= 0.3 is 0 Å². The third-order valence-corrected chi connectivity index (χ3v) is 3.73. The number of benzene rings is 2. The van der Waals surface area contributed by atoms with Gasteiger partial charge in [-0.25, -0.2) is 4.39 Å². The number of rotatable bonds is 5. The molecular weight excluding hydrogens is 253 g/mol. The Bertz CT molecular complexity index is 561. The molecule has 2 aromatic rings. The van der Waals surface area contributed by atoms with Crippen LogP contribution < -0.4 is 5.32 Å². The summed E-state index contributed by atoms with van der Waals surface area (Å²) in [6.07, 6.45) is 0.654. The van der Waals surface area contributed by atoms with Crippen molar-refractivity contribution in [1.82, 2.24) is 0 Å². The first-order valence-corrected chi connectivity index (χ1v) is 6.82. The molecule has 0 fully saturated rings. The van der Waals surface area contributed by atoms with Crippen LogP contribution >= 0.6 is 0 Å². The predicted octanol–water partition coefficient (Wildman–Crippen LogP) is 3.84. The molecule has 1 atom stereocenters. The van der Waals surface area contributed by atoms with E-state index in [-0.39, 0.29) is 12.4 Å². The molecule has 2 rings (SSSR count). The fourth-order valence-corrected chi connectivity index (χ4v) is 2.30. The van der Waals surface area contributed by atoms with E-state index >= 15 is 0 Å². The minimum atomic E-state index is -0.671. The van der Waals surface area contributed by atoms with Crippen LogP contribution in [0.1, 0.15) is 24.5 Å². The number of nitrogens with one attached hydrogen (secondary N) is 1. The van der Waals surface area contributed by atoms with Crippen LogP contribution in [0.15, 0.2) is 48.5 Å². The molecule has 0 radical (unpaired) electrons. The molecule has 0 aliphatic heterocycles. The molecule has 0 aliphatic carbocycles. The van der Waals surface area contributed by atoms with Crippen LogP contribution in [0, 0.1) is 12.7 Å². The van der Waals surface area contributed by atoms with Crippen LogP contribution in [0.5, 0.6) is 0 Å². The van der Waals surface area contributed by atoms with Crippen molar-refractivity contribution in [1.29, 1.82) is 0 Å². The molecule has 2 nitrogen and oxygen atoms in total. The Hall–Kier alpha value is -1.87. The van der Waals surface area contributed by atoms with Crippen LogP contribution in [0.3, 0.4) is 0 Å². The van der Waals surface area contributed by atoms with Crippen molar-refractivity contribution in [3.63, 3.8) is 0 Å². The van der Waals surface area contributed by atoms with Crippen molar-refractivity contribution < 1.29 is 9.50 Å². The fourth-order valence-electron chi connectivity index (χ4n) is 2.30. The van der Waals surface area contributed by atoms with E-state index < -0.39 is 5.54 Å². The zero-order valence-electron chi connectivity index (χ0n) is 11.9. The summed E-state index contributed by atoms with van der Waals surface area (Å²) < 4.78 is 13.8. The lowest BCUT2D eigenvalue weighted by molar-refractivity contribution is 0.207. The average Bonchev–Trinajstić information content (AvgIpc) is 2.48. The largest absolute Gasteiger partial charge is 0.394 e. The van der Waals surface area contributed by atoms with Crippen LogP contribution in [-0.2, 0) is 5.54 Å². The minimum Gasteiger partial charge on any atom is -0.394 e. The van der Waals surface area contributed by atoms with Gasteiger partial charge in [0.05, 0.1) is 17.8 Å². The Labute approximate surface area is 119 Å². The number of halogens is 1. The number of aliphatic hydroxyl groups excluding tert-OH is 1. The zero-order chi connectivity index (χ0) is 14.6. The highest BCUT2D eigenvalue weighted by Gasteiger charge is 2.30. The number of aryl methyl sites for hydroxylation is 1. The molecule has 106 valence electrons. The quantitative estimate of drug-likeness (QED) is 0.867. The monoisotopic (exact) mass is 273 g/mol. The number of anilines is 1. The molecule has 2 aromatic carbocycles. The highest BCUT2D eigenvalue weighted by molar-refractivity contribution is 5.49. The van der Waals surface area contributed by atoms with Crippen molar-refractivity contribution in [2.45, 2.75) is 25.8 Å². The van der Waals surface area contributed by atoms with Crippen molar-refractivity contribution in [3.8, 4) is 0 Å². The summed E-state index contributed by atoms with van der Waals surface area (Å²) in [4.78, 5) is 0. The molecule has 0 bridgehead atoms. The molecule has 0 spiro atoms. The van der Waals surface area contributed by atoms with Crippen LogP contribution in [0.2, 0.25) is 0 Å². The summed E-state index contributed by atoms with van der Waals surface area (Å²) in [5.41, 5.74) is 1.85. The first kappa shape index (κ1) is 14.5. The third kappa shape index (κ3) is 2.83. The summed E-state index contributed by atoms with van der Waals surface area (Å²) >= 11 is 0. The molecule has 2 N–H and O–H groups in total. The maximum atomic E-state index is 13.8. The normalized spacial score (nSPS) is 13.8. The second-order valence-electron chi connectivity index (χ2n) is 5.06. The van der Waals surface area contributed by atoms with Gasteiger partial charge in [-0.3, -0.25) is 0 Å². The van der Waals surface area contributed by atoms with E-state index in [4.69, 9.17) is 0 Å². The Morgan fingerprint density at radius 3 is 2.30 bits per heavy atom. The van der Waals surface area contributed by atoms with Gasteiger partial charge in [0, 0.05) is 0 Å². The lowest BCUT2D eigenvalue weighted by Gasteiger charge is -2.34. The summed E-state index contributed by atoms with van der Waals surface area (Å²) in [7, 11) is 0. The van der Waals surface area contributed by atoms with Gasteiger partial charge in [-0.05, 0) is 31.0 Å². The van der Waals surface area contributed by atoms with Gasteiger partial charge in [0.25, 0.3) is 0 Å². The van der Waals surface area contributed by atoms with Gasteiger partial charge in [0.15, 0.2) is 0 Å². The zero-order valence-corrected chi connectivity index (χ0v) is 11.9. The summed E-state index contributed by atoms with van der Waals surface area (Å²) in [5.74, 6) is -0.314. The Morgan fingerprint density at radius 1 is 1.10 bits per heavy atom. The molecule has 0 aromatic heterocycles. The van der Waals surface area contributed by atoms with Crippen molar-refractivity contribution in [2.75, 3.05) is 11.9 Å². The molecule has 3 heteroatoms. The van der Waals surface area contributed by atoms with E-state index in [9.17, 15) is 9.50 Å². The van der Waals surface area contributed by atoms with Gasteiger partial charge < -0.3 is 10.4 Å². The van der Waals surface area contributed by atoms with E-state index in [1.807, 2.05) is 38.1 Å². The Morgan fingerprint density at radius 2 is 1.75 bits per heavy atom. The number of hydrogen-bond acceptors (Lipinski definition) is 2. The topological polar surface area (TPSA) is 32.3 Å². The lowest BCUT2D eigenvalue weighted by Crippen LogP contribution is -2.38. The van der Waals surface area contributed by atoms with Gasteiger partial charge in [0.2, 0.25) is 0 Å². The Balaban J connectivity index is 2.39. The van der Waals surface area contributed by atoms with Gasteiger partial charge in [0.1, 0.15) is 5.82 Å². The number of aliphatic hydroxyl groups is 1. The molecule has 0 saturated heterocycles. The first-order valence-electron chi connectivity index (χ1n) is 6.82.